The van der Waals surface area contributed by atoms with Crippen molar-refractivity contribution in [2.24, 2.45) is 11.3 Å². The SMILES string of the molecule is CC(C)(C)C(=O)N[C@@H](c1ccccn1)[C@H]1CCCN(Cc2cccnc2)C1. The van der Waals surface area contributed by atoms with Crippen LogP contribution in [0.5, 0.6) is 0 Å². The lowest BCUT2D eigenvalue weighted by Crippen LogP contribution is -2.45. The first-order valence-corrected chi connectivity index (χ1v) is 9.76. The largest absolute Gasteiger partial charge is 0.347 e. The van der Waals surface area contributed by atoms with Gasteiger partial charge in [0.2, 0.25) is 5.91 Å². The molecule has 1 amide bonds. The molecule has 5 nitrogen and oxygen atoms in total. The molecule has 144 valence electrons. The number of likely N-dealkylation sites (tertiary alicyclic amines) is 1. The van der Waals surface area contributed by atoms with Crippen molar-refractivity contribution in [2.75, 3.05) is 13.1 Å². The molecule has 0 aromatic carbocycles. The Morgan fingerprint density at radius 2 is 2.11 bits per heavy atom. The summed E-state index contributed by atoms with van der Waals surface area (Å²) in [6, 6.07) is 9.98. The van der Waals surface area contributed by atoms with Gasteiger partial charge in [0.15, 0.2) is 0 Å². The maximum Gasteiger partial charge on any atom is 0.225 e. The molecular formula is C22H30N4O. The van der Waals surface area contributed by atoms with E-state index in [1.54, 1.807) is 0 Å². The van der Waals surface area contributed by atoms with Gasteiger partial charge in [-0.15, -0.1) is 0 Å². The van der Waals surface area contributed by atoms with Crippen molar-refractivity contribution in [1.29, 1.82) is 0 Å². The number of amides is 1. The van der Waals surface area contributed by atoms with Gasteiger partial charge in [-0.3, -0.25) is 19.7 Å². The lowest BCUT2D eigenvalue weighted by molar-refractivity contribution is -0.130. The number of aromatic nitrogens is 2. The molecule has 1 fully saturated rings. The molecule has 0 unspecified atom stereocenters. The summed E-state index contributed by atoms with van der Waals surface area (Å²) >= 11 is 0. The van der Waals surface area contributed by atoms with E-state index in [0.29, 0.717) is 5.92 Å². The van der Waals surface area contributed by atoms with Crippen LogP contribution in [0.3, 0.4) is 0 Å². The molecule has 2 aromatic heterocycles. The Bertz CT molecular complexity index is 727. The van der Waals surface area contributed by atoms with E-state index in [-0.39, 0.29) is 11.9 Å². The predicted molar refractivity (Wildman–Crippen MR) is 107 cm³/mol. The molecule has 1 saturated heterocycles. The zero-order valence-electron chi connectivity index (χ0n) is 16.6. The summed E-state index contributed by atoms with van der Waals surface area (Å²) in [5.74, 6) is 0.416. The van der Waals surface area contributed by atoms with Crippen LogP contribution in [0, 0.1) is 11.3 Å². The van der Waals surface area contributed by atoms with Gasteiger partial charge in [-0.1, -0.05) is 32.9 Å². The van der Waals surface area contributed by atoms with Crippen LogP contribution in [0.15, 0.2) is 48.9 Å². The van der Waals surface area contributed by atoms with Crippen molar-refractivity contribution >= 4 is 5.91 Å². The van der Waals surface area contributed by atoms with E-state index < -0.39 is 5.41 Å². The van der Waals surface area contributed by atoms with Crippen LogP contribution in [0.2, 0.25) is 0 Å². The van der Waals surface area contributed by atoms with Crippen molar-refractivity contribution < 1.29 is 4.79 Å². The molecular weight excluding hydrogens is 336 g/mol. The molecule has 1 N–H and O–H groups in total. The van der Waals surface area contributed by atoms with Gasteiger partial charge in [0.1, 0.15) is 0 Å². The van der Waals surface area contributed by atoms with E-state index in [1.165, 1.54) is 5.56 Å². The van der Waals surface area contributed by atoms with Crippen molar-refractivity contribution in [2.45, 2.75) is 46.2 Å². The number of piperidine rings is 1. The molecule has 1 aliphatic rings. The Morgan fingerprint density at radius 1 is 1.26 bits per heavy atom. The van der Waals surface area contributed by atoms with Gasteiger partial charge in [-0.05, 0) is 49.1 Å². The van der Waals surface area contributed by atoms with Gasteiger partial charge in [0.25, 0.3) is 0 Å². The predicted octanol–water partition coefficient (Wildman–Crippen LogP) is 3.59. The number of hydrogen-bond donors (Lipinski definition) is 1. The van der Waals surface area contributed by atoms with Crippen molar-refractivity contribution in [1.82, 2.24) is 20.2 Å². The van der Waals surface area contributed by atoms with Crippen molar-refractivity contribution in [3.05, 3.63) is 60.2 Å². The average Bonchev–Trinajstić information content (AvgIpc) is 2.67. The molecule has 0 radical (unpaired) electrons. The third kappa shape index (κ3) is 5.36. The number of rotatable bonds is 5. The first-order valence-electron chi connectivity index (χ1n) is 9.76. The van der Waals surface area contributed by atoms with Crippen LogP contribution in [-0.2, 0) is 11.3 Å². The van der Waals surface area contributed by atoms with E-state index in [0.717, 1.165) is 38.2 Å². The normalized spacial score (nSPS) is 19.4. The van der Waals surface area contributed by atoms with Crippen LogP contribution in [-0.4, -0.2) is 33.9 Å². The molecule has 3 heterocycles. The number of pyridine rings is 2. The minimum Gasteiger partial charge on any atom is -0.347 e. The number of nitrogens with one attached hydrogen (secondary N) is 1. The smallest absolute Gasteiger partial charge is 0.225 e. The fraction of sp³-hybridized carbons (Fsp3) is 0.500. The Hall–Kier alpha value is -2.27. The van der Waals surface area contributed by atoms with Crippen molar-refractivity contribution in [3.63, 3.8) is 0 Å². The zero-order chi connectivity index (χ0) is 19.3. The summed E-state index contributed by atoms with van der Waals surface area (Å²) in [5, 5.41) is 3.29. The highest BCUT2D eigenvalue weighted by Gasteiger charge is 2.33. The van der Waals surface area contributed by atoms with Gasteiger partial charge in [0, 0.05) is 37.1 Å². The van der Waals surface area contributed by atoms with Crippen LogP contribution in [0.4, 0.5) is 0 Å². The highest BCUT2D eigenvalue weighted by Crippen LogP contribution is 2.30. The highest BCUT2D eigenvalue weighted by atomic mass is 16.2. The quantitative estimate of drug-likeness (QED) is 0.878. The molecule has 3 rings (SSSR count). The Balaban J connectivity index is 1.76. The zero-order valence-corrected chi connectivity index (χ0v) is 16.6. The molecule has 0 bridgehead atoms. The lowest BCUT2D eigenvalue weighted by atomic mass is 9.86. The molecule has 2 aromatic rings. The Kier molecular flexibility index (Phi) is 6.22. The lowest BCUT2D eigenvalue weighted by Gasteiger charge is -2.38. The number of nitrogens with zero attached hydrogens (tertiary/aromatic N) is 3. The monoisotopic (exact) mass is 366 g/mol. The first kappa shape index (κ1) is 19.5. The maximum absolute atomic E-state index is 12.7. The highest BCUT2D eigenvalue weighted by molar-refractivity contribution is 5.81. The second kappa shape index (κ2) is 8.61. The van der Waals surface area contributed by atoms with Gasteiger partial charge < -0.3 is 5.32 Å². The summed E-state index contributed by atoms with van der Waals surface area (Å²) in [4.78, 5) is 23.9. The summed E-state index contributed by atoms with van der Waals surface area (Å²) < 4.78 is 0. The van der Waals surface area contributed by atoms with Crippen LogP contribution >= 0.6 is 0 Å². The summed E-state index contributed by atoms with van der Waals surface area (Å²) in [7, 11) is 0. The molecule has 0 spiro atoms. The van der Waals surface area contributed by atoms with Crippen molar-refractivity contribution in [3.8, 4) is 0 Å². The second-order valence-corrected chi connectivity index (χ2v) is 8.45. The number of hydrogen-bond acceptors (Lipinski definition) is 4. The maximum atomic E-state index is 12.7. The van der Waals surface area contributed by atoms with E-state index >= 15 is 0 Å². The summed E-state index contributed by atoms with van der Waals surface area (Å²) in [6.07, 6.45) is 7.76. The average molecular weight is 367 g/mol. The molecule has 1 aliphatic heterocycles. The summed E-state index contributed by atoms with van der Waals surface area (Å²) in [6.45, 7) is 8.77. The first-order chi connectivity index (χ1) is 12.9. The second-order valence-electron chi connectivity index (χ2n) is 8.45. The van der Waals surface area contributed by atoms with Gasteiger partial charge in [-0.2, -0.15) is 0 Å². The molecule has 27 heavy (non-hydrogen) atoms. The fourth-order valence-electron chi connectivity index (χ4n) is 3.61. The van der Waals surface area contributed by atoms with Crippen LogP contribution in [0.25, 0.3) is 0 Å². The minimum absolute atomic E-state index is 0.0605. The molecule has 0 aliphatic carbocycles. The fourth-order valence-corrected chi connectivity index (χ4v) is 3.61. The van der Waals surface area contributed by atoms with Gasteiger partial charge in [-0.25, -0.2) is 0 Å². The number of carbonyl (C=O) groups is 1. The van der Waals surface area contributed by atoms with E-state index in [4.69, 9.17) is 0 Å². The third-order valence-corrected chi connectivity index (χ3v) is 5.12. The van der Waals surface area contributed by atoms with Gasteiger partial charge >= 0.3 is 0 Å². The topological polar surface area (TPSA) is 58.1 Å². The number of carbonyl (C=O) groups excluding carboxylic acids is 1. The molecule has 0 saturated carbocycles. The van der Waals surface area contributed by atoms with E-state index in [9.17, 15) is 4.79 Å². The molecule has 2 atom stereocenters. The van der Waals surface area contributed by atoms with Crippen LogP contribution in [0.1, 0.15) is 50.9 Å². The standard InChI is InChI=1S/C22H30N4O/c1-22(2,3)21(27)25-20(19-10-4-5-12-24-19)18-9-7-13-26(16-18)15-17-8-6-11-23-14-17/h4-6,8,10-12,14,18,20H,7,9,13,15-16H2,1-3H3,(H,25,27)/t18-,20+/m0/s1. The van der Waals surface area contributed by atoms with Gasteiger partial charge in [0.05, 0.1) is 11.7 Å². The minimum atomic E-state index is -0.420. The Morgan fingerprint density at radius 3 is 2.78 bits per heavy atom. The van der Waals surface area contributed by atoms with Crippen LogP contribution < -0.4 is 5.32 Å². The van der Waals surface area contributed by atoms with E-state index in [1.807, 2.05) is 63.6 Å². The Labute approximate surface area is 162 Å². The molecule has 5 heteroatoms. The van der Waals surface area contributed by atoms with E-state index in [2.05, 4.69) is 26.3 Å². The summed E-state index contributed by atoms with van der Waals surface area (Å²) in [5.41, 5.74) is 1.76. The third-order valence-electron chi connectivity index (χ3n) is 5.12.